The molecule has 16 heavy (non-hydrogen) atoms. The van der Waals surface area contributed by atoms with E-state index >= 15 is 0 Å². The molecule has 1 aromatic heterocycles. The van der Waals surface area contributed by atoms with E-state index in [1.54, 1.807) is 6.26 Å². The van der Waals surface area contributed by atoms with Gasteiger partial charge < -0.3 is 15.1 Å². The number of nitrogen functional groups attached to an aromatic ring is 1. The van der Waals surface area contributed by atoms with E-state index < -0.39 is 0 Å². The molecule has 0 radical (unpaired) electrons. The summed E-state index contributed by atoms with van der Waals surface area (Å²) in [4.78, 5) is 2.19. The smallest absolute Gasteiger partial charge is 0.123 e. The molecule has 0 aliphatic carbocycles. The lowest BCUT2D eigenvalue weighted by Gasteiger charge is -2.23. The van der Waals surface area contributed by atoms with E-state index in [0.29, 0.717) is 0 Å². The van der Waals surface area contributed by atoms with E-state index in [1.165, 1.54) is 0 Å². The summed E-state index contributed by atoms with van der Waals surface area (Å²) in [5.41, 5.74) is 7.81. The Morgan fingerprint density at radius 1 is 1.19 bits per heavy atom. The quantitative estimate of drug-likeness (QED) is 0.799. The Morgan fingerprint density at radius 3 is 2.62 bits per heavy atom. The first-order valence-electron chi connectivity index (χ1n) is 5.43. The second-order valence-corrected chi connectivity index (χ2v) is 3.65. The maximum absolute atomic E-state index is 5.95. The first-order valence-corrected chi connectivity index (χ1v) is 5.43. The molecule has 0 amide bonds. The number of nitrogens with zero attached hydrogens (tertiary/aromatic N) is 1. The zero-order valence-electron chi connectivity index (χ0n) is 9.39. The first-order chi connectivity index (χ1) is 7.81. The zero-order chi connectivity index (χ0) is 11.4. The van der Waals surface area contributed by atoms with Crippen LogP contribution in [0.5, 0.6) is 0 Å². The van der Waals surface area contributed by atoms with Crippen LogP contribution in [0.1, 0.15) is 12.7 Å². The fourth-order valence-electron chi connectivity index (χ4n) is 1.73. The number of furan rings is 1. The van der Waals surface area contributed by atoms with Gasteiger partial charge in [0.05, 0.1) is 24.2 Å². The molecule has 0 spiro atoms. The van der Waals surface area contributed by atoms with Crippen molar-refractivity contribution >= 4 is 11.4 Å². The molecule has 0 bridgehead atoms. The normalized spacial score (nSPS) is 10.3. The fraction of sp³-hybridized carbons (Fsp3) is 0.231. The van der Waals surface area contributed by atoms with E-state index in [0.717, 1.165) is 30.2 Å². The highest BCUT2D eigenvalue weighted by molar-refractivity contribution is 5.67. The number of benzene rings is 1. The van der Waals surface area contributed by atoms with Crippen LogP contribution < -0.4 is 10.6 Å². The molecule has 2 rings (SSSR count). The Morgan fingerprint density at radius 2 is 2.00 bits per heavy atom. The molecule has 0 aliphatic rings. The Labute approximate surface area is 95.5 Å². The molecule has 0 aliphatic heterocycles. The lowest BCUT2D eigenvalue weighted by atomic mass is 10.2. The Bertz CT molecular complexity index is 437. The summed E-state index contributed by atoms with van der Waals surface area (Å²) in [6.07, 6.45) is 1.69. The van der Waals surface area contributed by atoms with Gasteiger partial charge in [-0.1, -0.05) is 12.1 Å². The Hall–Kier alpha value is -1.90. The summed E-state index contributed by atoms with van der Waals surface area (Å²) in [6, 6.07) is 11.8. The molecule has 0 unspecified atom stereocenters. The number of hydrogen-bond acceptors (Lipinski definition) is 3. The van der Waals surface area contributed by atoms with Gasteiger partial charge in [0.1, 0.15) is 5.76 Å². The van der Waals surface area contributed by atoms with Gasteiger partial charge in [0, 0.05) is 6.54 Å². The molecule has 3 nitrogen and oxygen atoms in total. The van der Waals surface area contributed by atoms with Crippen LogP contribution in [0.3, 0.4) is 0 Å². The summed E-state index contributed by atoms with van der Waals surface area (Å²) in [6.45, 7) is 3.75. The van der Waals surface area contributed by atoms with Gasteiger partial charge in [-0.3, -0.25) is 0 Å². The highest BCUT2D eigenvalue weighted by Crippen LogP contribution is 2.23. The van der Waals surface area contributed by atoms with Crippen LogP contribution in [0.15, 0.2) is 47.1 Å². The molecule has 0 saturated heterocycles. The van der Waals surface area contributed by atoms with Gasteiger partial charge in [-0.25, -0.2) is 0 Å². The van der Waals surface area contributed by atoms with Crippen molar-refractivity contribution in [2.45, 2.75) is 13.5 Å². The monoisotopic (exact) mass is 216 g/mol. The molecular formula is C13H16N2O. The number of anilines is 2. The van der Waals surface area contributed by atoms with Crippen molar-refractivity contribution in [2.24, 2.45) is 0 Å². The number of hydrogen-bond donors (Lipinski definition) is 1. The van der Waals surface area contributed by atoms with Crippen LogP contribution in [0.4, 0.5) is 11.4 Å². The third-order valence-electron chi connectivity index (χ3n) is 2.59. The molecule has 0 fully saturated rings. The van der Waals surface area contributed by atoms with Crippen molar-refractivity contribution in [3.63, 3.8) is 0 Å². The zero-order valence-corrected chi connectivity index (χ0v) is 9.39. The molecule has 0 saturated carbocycles. The Balaban J connectivity index is 2.20. The summed E-state index contributed by atoms with van der Waals surface area (Å²) >= 11 is 0. The van der Waals surface area contributed by atoms with Crippen molar-refractivity contribution in [3.05, 3.63) is 48.4 Å². The van der Waals surface area contributed by atoms with Gasteiger partial charge in [-0.15, -0.1) is 0 Å². The third kappa shape index (κ3) is 2.19. The second-order valence-electron chi connectivity index (χ2n) is 3.65. The van der Waals surface area contributed by atoms with Crippen LogP contribution in [0, 0.1) is 0 Å². The molecule has 3 heteroatoms. The Kier molecular flexibility index (Phi) is 3.15. The molecule has 84 valence electrons. The summed E-state index contributed by atoms with van der Waals surface area (Å²) in [7, 11) is 0. The second kappa shape index (κ2) is 4.75. The van der Waals surface area contributed by atoms with Gasteiger partial charge in [0.2, 0.25) is 0 Å². The van der Waals surface area contributed by atoms with E-state index in [2.05, 4.69) is 11.8 Å². The first kappa shape index (κ1) is 10.6. The lowest BCUT2D eigenvalue weighted by molar-refractivity contribution is 0.504. The third-order valence-corrected chi connectivity index (χ3v) is 2.59. The number of nitrogens with two attached hydrogens (primary N) is 1. The molecule has 2 N–H and O–H groups in total. The number of rotatable bonds is 4. The predicted molar refractivity (Wildman–Crippen MR) is 66.3 cm³/mol. The average molecular weight is 216 g/mol. The van der Waals surface area contributed by atoms with Crippen LogP contribution in [0.25, 0.3) is 0 Å². The predicted octanol–water partition coefficient (Wildman–Crippen LogP) is 2.89. The minimum Gasteiger partial charge on any atom is -0.467 e. The standard InChI is InChI=1S/C13H16N2O/c1-2-15(10-11-6-5-9-16-11)13-8-4-3-7-12(13)14/h3-9H,2,10,14H2,1H3. The van der Waals surface area contributed by atoms with E-state index in [1.807, 2.05) is 36.4 Å². The van der Waals surface area contributed by atoms with E-state index in [9.17, 15) is 0 Å². The summed E-state index contributed by atoms with van der Waals surface area (Å²) in [5, 5.41) is 0. The highest BCUT2D eigenvalue weighted by atomic mass is 16.3. The minimum absolute atomic E-state index is 0.748. The van der Waals surface area contributed by atoms with Crippen molar-refractivity contribution in [1.82, 2.24) is 0 Å². The van der Waals surface area contributed by atoms with Gasteiger partial charge in [0.15, 0.2) is 0 Å². The van der Waals surface area contributed by atoms with Crippen molar-refractivity contribution < 1.29 is 4.42 Å². The van der Waals surface area contributed by atoms with Crippen molar-refractivity contribution in [2.75, 3.05) is 17.2 Å². The summed E-state index contributed by atoms with van der Waals surface area (Å²) < 4.78 is 5.34. The van der Waals surface area contributed by atoms with Crippen molar-refractivity contribution in [1.29, 1.82) is 0 Å². The van der Waals surface area contributed by atoms with Gasteiger partial charge in [0.25, 0.3) is 0 Å². The van der Waals surface area contributed by atoms with Gasteiger partial charge in [-0.2, -0.15) is 0 Å². The SMILES string of the molecule is CCN(Cc1ccco1)c1ccccc1N. The van der Waals surface area contributed by atoms with E-state index in [4.69, 9.17) is 10.2 Å². The molecule has 1 aromatic carbocycles. The van der Waals surface area contributed by atoms with E-state index in [-0.39, 0.29) is 0 Å². The van der Waals surface area contributed by atoms with Crippen LogP contribution >= 0.6 is 0 Å². The summed E-state index contributed by atoms with van der Waals surface area (Å²) in [5.74, 6) is 0.949. The van der Waals surface area contributed by atoms with Crippen LogP contribution in [0.2, 0.25) is 0 Å². The maximum Gasteiger partial charge on any atom is 0.123 e. The van der Waals surface area contributed by atoms with Crippen LogP contribution in [-0.4, -0.2) is 6.54 Å². The molecule has 2 aromatic rings. The molecule has 0 atom stereocenters. The van der Waals surface area contributed by atoms with Gasteiger partial charge >= 0.3 is 0 Å². The molecular weight excluding hydrogens is 200 g/mol. The number of para-hydroxylation sites is 2. The van der Waals surface area contributed by atoms with Crippen molar-refractivity contribution in [3.8, 4) is 0 Å². The topological polar surface area (TPSA) is 42.4 Å². The maximum atomic E-state index is 5.95. The molecule has 1 heterocycles. The van der Waals surface area contributed by atoms with Crippen LogP contribution in [-0.2, 0) is 6.54 Å². The fourth-order valence-corrected chi connectivity index (χ4v) is 1.73. The largest absolute Gasteiger partial charge is 0.467 e. The highest BCUT2D eigenvalue weighted by Gasteiger charge is 2.09. The lowest BCUT2D eigenvalue weighted by Crippen LogP contribution is -2.22. The average Bonchev–Trinajstić information content (AvgIpc) is 2.80. The minimum atomic E-state index is 0.748. The van der Waals surface area contributed by atoms with Gasteiger partial charge in [-0.05, 0) is 31.2 Å².